The maximum atomic E-state index is 12.8. The largest absolute Gasteiger partial charge is 0.487 e. The molecule has 0 atom stereocenters. The van der Waals surface area contributed by atoms with Crippen LogP contribution in [0, 0.1) is 6.92 Å². The van der Waals surface area contributed by atoms with E-state index in [1.165, 1.54) is 0 Å². The Balaban J connectivity index is 1.57. The van der Waals surface area contributed by atoms with Gasteiger partial charge >= 0.3 is 0 Å². The van der Waals surface area contributed by atoms with Crippen molar-refractivity contribution >= 4 is 34.3 Å². The van der Waals surface area contributed by atoms with Crippen LogP contribution in [0.4, 0.5) is 0 Å². The average Bonchev–Trinajstić information content (AvgIpc) is 2.99. The number of carbonyl (C=O) groups excluding carboxylic acids is 2. The van der Waals surface area contributed by atoms with E-state index in [1.807, 2.05) is 38.1 Å². The zero-order chi connectivity index (χ0) is 20.8. The summed E-state index contributed by atoms with van der Waals surface area (Å²) >= 11 is 5.89. The molecule has 0 spiro atoms. The zero-order valence-corrected chi connectivity index (χ0v) is 17.4. The molecule has 0 unspecified atom stereocenters. The number of Topliss-reactive ketones (excluding diaryl/α,β-unsaturated/α-hetero) is 1. The molecule has 2 heterocycles. The van der Waals surface area contributed by atoms with Gasteiger partial charge in [0.15, 0.2) is 11.5 Å². The van der Waals surface area contributed by atoms with Crippen molar-refractivity contribution in [3.8, 4) is 5.75 Å². The Kier molecular flexibility index (Phi) is 4.87. The van der Waals surface area contributed by atoms with Crippen LogP contribution in [0.2, 0.25) is 5.02 Å². The highest BCUT2D eigenvalue weighted by Crippen LogP contribution is 2.40. The van der Waals surface area contributed by atoms with Gasteiger partial charge in [0.25, 0.3) is 5.91 Å². The number of amides is 1. The molecule has 0 radical (unpaired) electrons. The van der Waals surface area contributed by atoms with Crippen molar-refractivity contribution in [2.45, 2.75) is 39.2 Å². The predicted octanol–water partition coefficient (Wildman–Crippen LogP) is 5.11. The highest BCUT2D eigenvalue weighted by Gasteiger charge is 2.35. The van der Waals surface area contributed by atoms with Gasteiger partial charge in [-0.3, -0.25) is 9.59 Å². The summed E-state index contributed by atoms with van der Waals surface area (Å²) in [5.74, 6) is 0.464. The lowest BCUT2D eigenvalue weighted by molar-refractivity contribution is 0.0623. The Bertz CT molecular complexity index is 1110. The van der Waals surface area contributed by atoms with E-state index in [9.17, 15) is 9.59 Å². The van der Waals surface area contributed by atoms with Crippen molar-refractivity contribution < 1.29 is 18.7 Å². The average molecular weight is 412 g/mol. The minimum absolute atomic E-state index is 0.000413. The lowest BCUT2D eigenvalue weighted by Gasteiger charge is -2.31. The number of fused-ring (bicyclic) bond motifs is 3. The first-order valence-corrected chi connectivity index (χ1v) is 9.94. The first-order chi connectivity index (χ1) is 13.7. The van der Waals surface area contributed by atoms with Gasteiger partial charge < -0.3 is 14.5 Å². The summed E-state index contributed by atoms with van der Waals surface area (Å²) in [7, 11) is 0. The maximum absolute atomic E-state index is 12.8. The number of rotatable bonds is 4. The van der Waals surface area contributed by atoms with Crippen molar-refractivity contribution in [2.75, 3.05) is 6.54 Å². The Morgan fingerprint density at radius 1 is 1.17 bits per heavy atom. The van der Waals surface area contributed by atoms with Gasteiger partial charge in [-0.25, -0.2) is 0 Å². The number of benzene rings is 2. The van der Waals surface area contributed by atoms with E-state index in [4.69, 9.17) is 20.8 Å². The molecule has 150 valence electrons. The van der Waals surface area contributed by atoms with E-state index in [0.717, 1.165) is 5.56 Å². The fraction of sp³-hybridized carbons (Fsp3) is 0.304. The van der Waals surface area contributed by atoms with Crippen LogP contribution in [0.1, 0.15) is 52.3 Å². The summed E-state index contributed by atoms with van der Waals surface area (Å²) in [6.07, 6.45) is 0.964. The van der Waals surface area contributed by atoms with Crippen LogP contribution >= 0.6 is 11.6 Å². The molecule has 0 aliphatic carbocycles. The quantitative estimate of drug-likeness (QED) is 0.647. The fourth-order valence-corrected chi connectivity index (χ4v) is 3.89. The summed E-state index contributed by atoms with van der Waals surface area (Å²) in [4.78, 5) is 25.5. The topological polar surface area (TPSA) is 68.5 Å². The monoisotopic (exact) mass is 411 g/mol. The number of hydrogen-bond donors (Lipinski definition) is 1. The Hall–Kier alpha value is -2.79. The number of ether oxygens (including phenoxy) is 1. The molecule has 2 aromatic carbocycles. The first-order valence-electron chi connectivity index (χ1n) is 9.56. The highest BCUT2D eigenvalue weighted by atomic mass is 35.5. The zero-order valence-electron chi connectivity index (χ0n) is 16.6. The molecule has 1 N–H and O–H groups in total. The standard InChI is InChI=1S/C23H22ClNO4/c1-13-19-17(8-9-18-20(19)16(26)12-23(2,3)29-18)28-21(13)22(27)25-11-10-14-4-6-15(24)7-5-14/h4-9H,10-12H2,1-3H3,(H,25,27). The lowest BCUT2D eigenvalue weighted by atomic mass is 9.90. The van der Waals surface area contributed by atoms with E-state index in [1.54, 1.807) is 19.1 Å². The van der Waals surface area contributed by atoms with Crippen molar-refractivity contribution in [1.29, 1.82) is 0 Å². The fourth-order valence-electron chi connectivity index (χ4n) is 3.76. The Morgan fingerprint density at radius 3 is 2.62 bits per heavy atom. The van der Waals surface area contributed by atoms with Gasteiger partial charge in [-0.2, -0.15) is 0 Å². The number of nitrogens with one attached hydrogen (secondary N) is 1. The molecule has 5 nitrogen and oxygen atoms in total. The second kappa shape index (κ2) is 7.23. The maximum Gasteiger partial charge on any atom is 0.287 e. The molecule has 0 fully saturated rings. The summed E-state index contributed by atoms with van der Waals surface area (Å²) in [6.45, 7) is 6.04. The van der Waals surface area contributed by atoms with Gasteiger partial charge in [0, 0.05) is 22.5 Å². The summed E-state index contributed by atoms with van der Waals surface area (Å²) in [6, 6.07) is 11.0. The smallest absolute Gasteiger partial charge is 0.287 e. The Morgan fingerprint density at radius 2 is 1.90 bits per heavy atom. The first kappa shape index (κ1) is 19.5. The van der Waals surface area contributed by atoms with E-state index in [-0.39, 0.29) is 23.9 Å². The summed E-state index contributed by atoms with van der Waals surface area (Å²) in [5.41, 5.74) is 2.20. The molecule has 1 aromatic heterocycles. The number of ketones is 1. The van der Waals surface area contributed by atoms with Crippen LogP contribution in [0.5, 0.6) is 5.75 Å². The van der Waals surface area contributed by atoms with Crippen LogP contribution in [0.15, 0.2) is 40.8 Å². The number of aryl methyl sites for hydroxylation is 1. The van der Waals surface area contributed by atoms with Gasteiger partial charge in [-0.05, 0) is 57.0 Å². The molecule has 4 rings (SSSR count). The normalized spacial score (nSPS) is 15.1. The number of carbonyl (C=O) groups is 2. The molecular weight excluding hydrogens is 390 g/mol. The third-order valence-electron chi connectivity index (χ3n) is 5.13. The van der Waals surface area contributed by atoms with Crippen LogP contribution in [0.3, 0.4) is 0 Å². The second-order valence-electron chi connectivity index (χ2n) is 7.96. The van der Waals surface area contributed by atoms with Crippen LogP contribution in [-0.2, 0) is 6.42 Å². The molecule has 0 bridgehead atoms. The SMILES string of the molecule is Cc1c(C(=O)NCCc2ccc(Cl)cc2)oc2ccc3c(c12)C(=O)CC(C)(C)O3. The molecule has 3 aromatic rings. The Labute approximate surface area is 174 Å². The van der Waals surface area contributed by atoms with Gasteiger partial charge in [0.2, 0.25) is 0 Å². The van der Waals surface area contributed by atoms with Crippen LogP contribution in [0.25, 0.3) is 11.0 Å². The van der Waals surface area contributed by atoms with Crippen LogP contribution < -0.4 is 10.1 Å². The van der Waals surface area contributed by atoms with Crippen molar-refractivity contribution in [1.82, 2.24) is 5.32 Å². The van der Waals surface area contributed by atoms with Gasteiger partial charge in [-0.1, -0.05) is 23.7 Å². The lowest BCUT2D eigenvalue weighted by Crippen LogP contribution is -2.36. The molecule has 29 heavy (non-hydrogen) atoms. The van der Waals surface area contributed by atoms with Crippen LogP contribution in [-0.4, -0.2) is 23.8 Å². The molecule has 1 aliphatic heterocycles. The molecule has 1 amide bonds. The van der Waals surface area contributed by atoms with Gasteiger partial charge in [0.1, 0.15) is 16.9 Å². The van der Waals surface area contributed by atoms with Gasteiger partial charge in [-0.15, -0.1) is 0 Å². The molecule has 1 aliphatic rings. The van der Waals surface area contributed by atoms with E-state index < -0.39 is 5.60 Å². The van der Waals surface area contributed by atoms with Gasteiger partial charge in [0.05, 0.1) is 12.0 Å². The third kappa shape index (κ3) is 3.75. The minimum Gasteiger partial charge on any atom is -0.487 e. The number of halogens is 1. The van der Waals surface area contributed by atoms with E-state index in [0.29, 0.717) is 45.8 Å². The number of furan rings is 1. The summed E-state index contributed by atoms with van der Waals surface area (Å²) < 4.78 is 11.8. The van der Waals surface area contributed by atoms with Crippen molar-refractivity contribution in [3.63, 3.8) is 0 Å². The number of hydrogen-bond acceptors (Lipinski definition) is 4. The van der Waals surface area contributed by atoms with E-state index >= 15 is 0 Å². The molecule has 6 heteroatoms. The molecule has 0 saturated heterocycles. The van der Waals surface area contributed by atoms with Crippen molar-refractivity contribution in [3.05, 3.63) is 63.9 Å². The second-order valence-corrected chi connectivity index (χ2v) is 8.40. The van der Waals surface area contributed by atoms with Crippen molar-refractivity contribution in [2.24, 2.45) is 0 Å². The highest BCUT2D eigenvalue weighted by molar-refractivity contribution is 6.30. The summed E-state index contributed by atoms with van der Waals surface area (Å²) in [5, 5.41) is 4.23. The predicted molar refractivity (Wildman–Crippen MR) is 112 cm³/mol. The third-order valence-corrected chi connectivity index (χ3v) is 5.38. The van der Waals surface area contributed by atoms with E-state index in [2.05, 4.69) is 5.32 Å². The molecular formula is C23H22ClNO4. The minimum atomic E-state index is -0.544. The molecule has 0 saturated carbocycles.